The number of H-pyrrole nitrogens is 1. The van der Waals surface area contributed by atoms with Gasteiger partial charge in [0.1, 0.15) is 11.4 Å². The van der Waals surface area contributed by atoms with Gasteiger partial charge in [0.05, 0.1) is 5.56 Å². The lowest BCUT2D eigenvalue weighted by Crippen LogP contribution is -2.50. The first-order chi connectivity index (χ1) is 12.7. The predicted octanol–water partition coefficient (Wildman–Crippen LogP) is 0.450. The molecule has 3 heterocycles. The van der Waals surface area contributed by atoms with Gasteiger partial charge in [-0.05, 0) is 12.1 Å². The highest BCUT2D eigenvalue weighted by Crippen LogP contribution is 2.29. The van der Waals surface area contributed by atoms with E-state index in [9.17, 15) is 27.6 Å². The number of anilines is 1. The molecule has 0 unspecified atom stereocenters. The van der Waals surface area contributed by atoms with Gasteiger partial charge in [-0.1, -0.05) is 0 Å². The summed E-state index contributed by atoms with van der Waals surface area (Å²) in [5.41, 5.74) is -2.27. The molecule has 0 radical (unpaired) electrons. The van der Waals surface area contributed by atoms with Gasteiger partial charge in [0.15, 0.2) is 0 Å². The third-order valence-corrected chi connectivity index (χ3v) is 4.38. The fourth-order valence-electron chi connectivity index (χ4n) is 2.77. The summed E-state index contributed by atoms with van der Waals surface area (Å²) in [6.45, 7) is 1.25. The standard InChI is InChI=1S/C16H16F3N5O3/c1-22-13(25)11(9-21-15(22)27)14(26)24-6-4-23(5-7-24)12-3-2-10(8-20-12)16(17,18)19/h2-3,8-9H,4-7H2,1H3,(H,21,27). The minimum atomic E-state index is -4.44. The first-order valence-electron chi connectivity index (χ1n) is 8.04. The van der Waals surface area contributed by atoms with E-state index < -0.39 is 28.9 Å². The lowest BCUT2D eigenvalue weighted by molar-refractivity contribution is -0.137. The zero-order chi connectivity index (χ0) is 19.8. The van der Waals surface area contributed by atoms with Gasteiger partial charge in [-0.2, -0.15) is 13.2 Å². The summed E-state index contributed by atoms with van der Waals surface area (Å²) in [5.74, 6) is -0.123. The molecule has 0 bridgehead atoms. The molecule has 1 aliphatic rings. The van der Waals surface area contributed by atoms with Gasteiger partial charge < -0.3 is 14.8 Å². The zero-order valence-corrected chi connectivity index (χ0v) is 14.3. The molecule has 0 atom stereocenters. The van der Waals surface area contributed by atoms with Crippen molar-refractivity contribution < 1.29 is 18.0 Å². The number of nitrogens with one attached hydrogen (secondary N) is 1. The molecular weight excluding hydrogens is 367 g/mol. The maximum atomic E-state index is 12.6. The van der Waals surface area contributed by atoms with E-state index in [1.165, 1.54) is 18.0 Å². The average molecular weight is 383 g/mol. The van der Waals surface area contributed by atoms with E-state index in [0.29, 0.717) is 18.9 Å². The third-order valence-electron chi connectivity index (χ3n) is 4.38. The predicted molar refractivity (Wildman–Crippen MR) is 89.7 cm³/mol. The molecule has 1 aliphatic heterocycles. The van der Waals surface area contributed by atoms with E-state index in [1.54, 1.807) is 4.90 Å². The molecule has 1 fully saturated rings. The summed E-state index contributed by atoms with van der Waals surface area (Å²) < 4.78 is 38.6. The van der Waals surface area contributed by atoms with Crippen molar-refractivity contribution in [1.82, 2.24) is 19.4 Å². The SMILES string of the molecule is Cn1c(=O)[nH]cc(C(=O)N2CCN(c3ccc(C(F)(F)F)cn3)CC2)c1=O. The van der Waals surface area contributed by atoms with E-state index in [2.05, 4.69) is 9.97 Å². The molecule has 8 nitrogen and oxygen atoms in total. The molecule has 0 aliphatic carbocycles. The Kier molecular flexibility index (Phi) is 4.77. The van der Waals surface area contributed by atoms with Crippen LogP contribution >= 0.6 is 0 Å². The van der Waals surface area contributed by atoms with Crippen LogP contribution in [0.3, 0.4) is 0 Å². The van der Waals surface area contributed by atoms with Gasteiger partial charge in [-0.15, -0.1) is 0 Å². The normalized spacial score (nSPS) is 15.1. The summed E-state index contributed by atoms with van der Waals surface area (Å²) in [5, 5.41) is 0. The largest absolute Gasteiger partial charge is 0.417 e. The van der Waals surface area contributed by atoms with Crippen molar-refractivity contribution in [1.29, 1.82) is 0 Å². The van der Waals surface area contributed by atoms with Crippen molar-refractivity contribution in [2.24, 2.45) is 7.05 Å². The Morgan fingerprint density at radius 1 is 1.15 bits per heavy atom. The quantitative estimate of drug-likeness (QED) is 0.813. The number of hydrogen-bond acceptors (Lipinski definition) is 5. The Hall–Kier alpha value is -3.11. The van der Waals surface area contributed by atoms with Gasteiger partial charge in [-0.3, -0.25) is 14.2 Å². The number of aromatic nitrogens is 3. The fraction of sp³-hybridized carbons (Fsp3) is 0.375. The summed E-state index contributed by atoms with van der Waals surface area (Å²) in [4.78, 5) is 45.3. The first-order valence-corrected chi connectivity index (χ1v) is 8.04. The van der Waals surface area contributed by atoms with Crippen LogP contribution in [-0.2, 0) is 13.2 Å². The minimum absolute atomic E-state index is 0.141. The number of aromatic amines is 1. The van der Waals surface area contributed by atoms with Crippen molar-refractivity contribution in [2.75, 3.05) is 31.1 Å². The van der Waals surface area contributed by atoms with Gasteiger partial charge in [0.25, 0.3) is 11.5 Å². The second kappa shape index (κ2) is 6.89. The molecule has 1 N–H and O–H groups in total. The maximum absolute atomic E-state index is 12.6. The molecule has 3 rings (SSSR count). The van der Waals surface area contributed by atoms with Gasteiger partial charge in [0.2, 0.25) is 0 Å². The minimum Gasteiger partial charge on any atom is -0.353 e. The molecule has 1 amide bonds. The fourth-order valence-corrected chi connectivity index (χ4v) is 2.77. The first kappa shape index (κ1) is 18.7. The van der Waals surface area contributed by atoms with Crippen molar-refractivity contribution in [3.8, 4) is 0 Å². The van der Waals surface area contributed by atoms with Gasteiger partial charge in [0, 0.05) is 45.6 Å². The van der Waals surface area contributed by atoms with Crippen LogP contribution in [0.1, 0.15) is 15.9 Å². The number of rotatable bonds is 2. The molecule has 27 heavy (non-hydrogen) atoms. The van der Waals surface area contributed by atoms with Crippen molar-refractivity contribution in [3.63, 3.8) is 0 Å². The second-order valence-corrected chi connectivity index (χ2v) is 6.05. The Bertz CT molecular complexity index is 957. The summed E-state index contributed by atoms with van der Waals surface area (Å²) in [7, 11) is 1.27. The van der Waals surface area contributed by atoms with Crippen LogP contribution in [0.15, 0.2) is 34.1 Å². The van der Waals surface area contributed by atoms with E-state index in [1.807, 2.05) is 0 Å². The number of alkyl halides is 3. The topological polar surface area (TPSA) is 91.3 Å². The molecule has 1 saturated heterocycles. The molecule has 144 valence electrons. The van der Waals surface area contributed by atoms with E-state index in [4.69, 9.17) is 0 Å². The van der Waals surface area contributed by atoms with Crippen molar-refractivity contribution in [3.05, 3.63) is 56.5 Å². The Labute approximate surface area is 150 Å². The molecule has 2 aromatic heterocycles. The number of carbonyl (C=O) groups is 1. The lowest BCUT2D eigenvalue weighted by Gasteiger charge is -2.35. The Balaban J connectivity index is 1.68. The summed E-state index contributed by atoms with van der Waals surface area (Å²) in [6.07, 6.45) is -2.58. The average Bonchev–Trinajstić information content (AvgIpc) is 2.65. The van der Waals surface area contributed by atoms with Gasteiger partial charge >= 0.3 is 11.9 Å². The van der Waals surface area contributed by atoms with Crippen molar-refractivity contribution >= 4 is 11.7 Å². The number of piperazine rings is 1. The molecule has 0 aromatic carbocycles. The number of carbonyl (C=O) groups excluding carboxylic acids is 1. The number of nitrogens with zero attached hydrogens (tertiary/aromatic N) is 4. The van der Waals surface area contributed by atoms with Crippen LogP contribution in [-0.4, -0.2) is 51.5 Å². The molecule has 11 heteroatoms. The summed E-state index contributed by atoms with van der Waals surface area (Å²) >= 11 is 0. The molecule has 0 spiro atoms. The highest BCUT2D eigenvalue weighted by atomic mass is 19.4. The lowest BCUT2D eigenvalue weighted by atomic mass is 10.2. The summed E-state index contributed by atoms with van der Waals surface area (Å²) in [6, 6.07) is 2.25. The van der Waals surface area contributed by atoms with Crippen LogP contribution in [0.4, 0.5) is 19.0 Å². The van der Waals surface area contributed by atoms with Crippen LogP contribution in [0.25, 0.3) is 0 Å². The van der Waals surface area contributed by atoms with Crippen LogP contribution < -0.4 is 16.1 Å². The molecule has 2 aromatic rings. The smallest absolute Gasteiger partial charge is 0.353 e. The number of amides is 1. The van der Waals surface area contributed by atoms with E-state index in [0.717, 1.165) is 23.0 Å². The Morgan fingerprint density at radius 3 is 2.37 bits per heavy atom. The third kappa shape index (κ3) is 3.71. The Morgan fingerprint density at radius 2 is 1.81 bits per heavy atom. The zero-order valence-electron chi connectivity index (χ0n) is 14.3. The van der Waals surface area contributed by atoms with Crippen LogP contribution in [0.5, 0.6) is 0 Å². The van der Waals surface area contributed by atoms with Gasteiger partial charge in [-0.25, -0.2) is 9.78 Å². The molecule has 0 saturated carbocycles. The maximum Gasteiger partial charge on any atom is 0.417 e. The number of halogens is 3. The van der Waals surface area contributed by atoms with E-state index >= 15 is 0 Å². The van der Waals surface area contributed by atoms with E-state index in [-0.39, 0.29) is 18.7 Å². The van der Waals surface area contributed by atoms with Crippen LogP contribution in [0, 0.1) is 0 Å². The number of hydrogen-bond donors (Lipinski definition) is 1. The molecular formula is C16H16F3N5O3. The second-order valence-electron chi connectivity index (χ2n) is 6.05. The highest BCUT2D eigenvalue weighted by Gasteiger charge is 2.31. The van der Waals surface area contributed by atoms with Crippen LogP contribution in [0.2, 0.25) is 0 Å². The monoisotopic (exact) mass is 383 g/mol. The number of pyridine rings is 1. The highest BCUT2D eigenvalue weighted by molar-refractivity contribution is 5.93. The van der Waals surface area contributed by atoms with Crippen molar-refractivity contribution in [2.45, 2.75) is 6.18 Å².